The van der Waals surface area contributed by atoms with Crippen LogP contribution in [0, 0.1) is 11.3 Å². The first kappa shape index (κ1) is 21.4. The van der Waals surface area contributed by atoms with E-state index in [9.17, 15) is 10.1 Å². The van der Waals surface area contributed by atoms with Gasteiger partial charge in [-0.05, 0) is 54.8 Å². The van der Waals surface area contributed by atoms with Crippen LogP contribution in [0.5, 0.6) is 0 Å². The van der Waals surface area contributed by atoms with Crippen molar-refractivity contribution in [1.82, 2.24) is 9.88 Å². The van der Waals surface area contributed by atoms with Gasteiger partial charge in [0.05, 0.1) is 11.6 Å². The number of nitrogens with one attached hydrogen (secondary N) is 1. The third-order valence-corrected chi connectivity index (χ3v) is 5.59. The summed E-state index contributed by atoms with van der Waals surface area (Å²) in [5, 5.41) is 13.3. The van der Waals surface area contributed by atoms with Gasteiger partial charge in [0.15, 0.2) is 0 Å². The molecule has 5 nitrogen and oxygen atoms in total. The number of rotatable bonds is 6. The van der Waals surface area contributed by atoms with E-state index in [0.29, 0.717) is 24.3 Å². The van der Waals surface area contributed by atoms with Crippen molar-refractivity contribution >= 4 is 16.8 Å². The highest BCUT2D eigenvalue weighted by Gasteiger charge is 2.17. The molecule has 5 heteroatoms. The van der Waals surface area contributed by atoms with Crippen molar-refractivity contribution < 1.29 is 4.79 Å². The minimum atomic E-state index is -0.397. The second-order valence-electron chi connectivity index (χ2n) is 8.59. The van der Waals surface area contributed by atoms with E-state index >= 15 is 0 Å². The van der Waals surface area contributed by atoms with Crippen LogP contribution in [0.25, 0.3) is 10.9 Å². The molecule has 0 spiro atoms. The number of nitriles is 1. The molecule has 0 bridgehead atoms. The number of carbonyl (C=O) groups is 1. The number of hydrogen-bond donors (Lipinski definition) is 2. The van der Waals surface area contributed by atoms with Crippen LogP contribution in [0.1, 0.15) is 46.6 Å². The summed E-state index contributed by atoms with van der Waals surface area (Å²) in [6, 6.07) is 27.5. The third kappa shape index (κ3) is 4.56. The number of hydrogen-bond acceptors (Lipinski definition) is 3. The molecular formula is C27H26N4O. The molecule has 1 heterocycles. The summed E-state index contributed by atoms with van der Waals surface area (Å²) in [4.78, 5) is 13.1. The summed E-state index contributed by atoms with van der Waals surface area (Å²) >= 11 is 0. The molecule has 0 aliphatic rings. The lowest BCUT2D eigenvalue weighted by Gasteiger charge is -2.19. The van der Waals surface area contributed by atoms with Gasteiger partial charge >= 0.3 is 0 Å². The van der Waals surface area contributed by atoms with Gasteiger partial charge in [0, 0.05) is 29.5 Å². The molecule has 1 aromatic heterocycles. The average Bonchev–Trinajstić information content (AvgIpc) is 3.16. The Morgan fingerprint density at radius 2 is 1.75 bits per heavy atom. The van der Waals surface area contributed by atoms with Crippen molar-refractivity contribution in [2.45, 2.75) is 32.5 Å². The van der Waals surface area contributed by atoms with Crippen molar-refractivity contribution in [2.24, 2.45) is 5.73 Å². The molecule has 160 valence electrons. The molecule has 0 unspecified atom stereocenters. The lowest BCUT2D eigenvalue weighted by molar-refractivity contribution is 0.0942. The Labute approximate surface area is 188 Å². The van der Waals surface area contributed by atoms with Crippen molar-refractivity contribution in [3.63, 3.8) is 0 Å². The second-order valence-corrected chi connectivity index (χ2v) is 8.59. The average molecular weight is 423 g/mol. The Hall–Kier alpha value is -3.88. The van der Waals surface area contributed by atoms with E-state index in [0.717, 1.165) is 27.6 Å². The molecule has 0 saturated carbocycles. The first-order valence-corrected chi connectivity index (χ1v) is 10.6. The molecule has 4 rings (SSSR count). The van der Waals surface area contributed by atoms with Gasteiger partial charge in [0.1, 0.15) is 5.69 Å². The minimum absolute atomic E-state index is 0.138. The van der Waals surface area contributed by atoms with E-state index in [-0.39, 0.29) is 5.91 Å². The topological polar surface area (TPSA) is 83.8 Å². The summed E-state index contributed by atoms with van der Waals surface area (Å²) < 4.78 is 2.00. The van der Waals surface area contributed by atoms with Gasteiger partial charge in [-0.1, -0.05) is 54.6 Å². The maximum Gasteiger partial charge on any atom is 0.268 e. The van der Waals surface area contributed by atoms with E-state index in [1.165, 1.54) is 0 Å². The Kier molecular flexibility index (Phi) is 5.81. The molecular weight excluding hydrogens is 396 g/mol. The molecule has 0 aliphatic carbocycles. The summed E-state index contributed by atoms with van der Waals surface area (Å²) in [5.74, 6) is -0.138. The van der Waals surface area contributed by atoms with Crippen LogP contribution in [-0.4, -0.2) is 10.5 Å². The van der Waals surface area contributed by atoms with Gasteiger partial charge in [-0.3, -0.25) is 4.79 Å². The summed E-state index contributed by atoms with van der Waals surface area (Å²) in [5.41, 5.74) is 11.0. The fourth-order valence-electron chi connectivity index (χ4n) is 3.82. The molecule has 32 heavy (non-hydrogen) atoms. The van der Waals surface area contributed by atoms with Crippen LogP contribution in [0.2, 0.25) is 0 Å². The van der Waals surface area contributed by atoms with Gasteiger partial charge < -0.3 is 15.6 Å². The number of nitrogens with two attached hydrogens (primary N) is 1. The molecule has 0 saturated heterocycles. The quantitative estimate of drug-likeness (QED) is 0.473. The van der Waals surface area contributed by atoms with Gasteiger partial charge in [0.25, 0.3) is 5.91 Å². The summed E-state index contributed by atoms with van der Waals surface area (Å²) in [7, 11) is 0. The highest BCUT2D eigenvalue weighted by Crippen LogP contribution is 2.22. The lowest BCUT2D eigenvalue weighted by atomic mass is 9.95. The standard InChI is InChI=1S/C27H26N4O/c1-27(2,29)23-12-10-19(11-13-23)17-30-26(32)25-15-22-8-3-4-9-24(22)31(25)18-21-7-5-6-20(14-21)16-28/h3-15H,17-18,29H2,1-2H3,(H,30,32). The minimum Gasteiger partial charge on any atom is -0.347 e. The molecule has 0 aliphatic heterocycles. The highest BCUT2D eigenvalue weighted by atomic mass is 16.1. The second kappa shape index (κ2) is 8.70. The maximum atomic E-state index is 13.1. The fraction of sp³-hybridized carbons (Fsp3) is 0.185. The van der Waals surface area contributed by atoms with Gasteiger partial charge in [-0.15, -0.1) is 0 Å². The monoisotopic (exact) mass is 422 g/mol. The van der Waals surface area contributed by atoms with Crippen molar-refractivity contribution in [1.29, 1.82) is 5.26 Å². The van der Waals surface area contributed by atoms with Crippen LogP contribution in [0.15, 0.2) is 78.9 Å². The Morgan fingerprint density at radius 1 is 1.00 bits per heavy atom. The van der Waals surface area contributed by atoms with Crippen LogP contribution < -0.4 is 11.1 Å². The zero-order chi connectivity index (χ0) is 22.7. The maximum absolute atomic E-state index is 13.1. The number of fused-ring (bicyclic) bond motifs is 1. The van der Waals surface area contributed by atoms with Crippen LogP contribution in [0.4, 0.5) is 0 Å². The molecule has 3 aromatic carbocycles. The number of amides is 1. The molecule has 0 fully saturated rings. The van der Waals surface area contributed by atoms with Crippen molar-refractivity contribution in [3.8, 4) is 6.07 Å². The fourth-order valence-corrected chi connectivity index (χ4v) is 3.82. The van der Waals surface area contributed by atoms with E-state index in [2.05, 4.69) is 11.4 Å². The van der Waals surface area contributed by atoms with E-state index < -0.39 is 5.54 Å². The summed E-state index contributed by atoms with van der Waals surface area (Å²) in [6.45, 7) is 4.87. The highest BCUT2D eigenvalue weighted by molar-refractivity contribution is 5.98. The van der Waals surface area contributed by atoms with Gasteiger partial charge in [-0.25, -0.2) is 0 Å². The normalized spacial score (nSPS) is 11.3. The number of benzene rings is 3. The zero-order valence-corrected chi connectivity index (χ0v) is 18.3. The first-order valence-electron chi connectivity index (χ1n) is 10.6. The smallest absolute Gasteiger partial charge is 0.268 e. The van der Waals surface area contributed by atoms with Gasteiger partial charge in [-0.2, -0.15) is 5.26 Å². The predicted octanol–water partition coefficient (Wildman–Crippen LogP) is 4.69. The van der Waals surface area contributed by atoms with E-state index in [1.807, 2.05) is 91.2 Å². The van der Waals surface area contributed by atoms with Crippen LogP contribution in [0.3, 0.4) is 0 Å². The molecule has 4 aromatic rings. The molecule has 1 amide bonds. The predicted molar refractivity (Wildman–Crippen MR) is 127 cm³/mol. The third-order valence-electron chi connectivity index (χ3n) is 5.59. The molecule has 0 atom stereocenters. The Bertz CT molecular complexity index is 1300. The van der Waals surface area contributed by atoms with Gasteiger partial charge in [0.2, 0.25) is 0 Å². The molecule has 3 N–H and O–H groups in total. The van der Waals surface area contributed by atoms with Crippen molar-refractivity contribution in [3.05, 3.63) is 107 Å². The van der Waals surface area contributed by atoms with Crippen LogP contribution >= 0.6 is 0 Å². The van der Waals surface area contributed by atoms with Crippen LogP contribution in [-0.2, 0) is 18.6 Å². The number of para-hydroxylation sites is 1. The first-order chi connectivity index (χ1) is 15.3. The number of aromatic nitrogens is 1. The van der Waals surface area contributed by atoms with E-state index in [4.69, 9.17) is 5.73 Å². The number of carbonyl (C=O) groups excluding carboxylic acids is 1. The molecule has 0 radical (unpaired) electrons. The zero-order valence-electron chi connectivity index (χ0n) is 18.3. The van der Waals surface area contributed by atoms with E-state index in [1.54, 1.807) is 6.07 Å². The largest absolute Gasteiger partial charge is 0.347 e. The lowest BCUT2D eigenvalue weighted by Crippen LogP contribution is -2.28. The van der Waals surface area contributed by atoms with Crippen molar-refractivity contribution in [2.75, 3.05) is 0 Å². The summed E-state index contributed by atoms with van der Waals surface area (Å²) in [6.07, 6.45) is 0. The SMILES string of the molecule is CC(C)(N)c1ccc(CNC(=O)c2cc3ccccc3n2Cc2cccc(C#N)c2)cc1. The Morgan fingerprint density at radius 3 is 2.47 bits per heavy atom. The Balaban J connectivity index is 1.58. The number of nitrogens with zero attached hydrogens (tertiary/aromatic N) is 2.